The maximum atomic E-state index is 13.7. The van der Waals surface area contributed by atoms with Crippen LogP contribution in [0.3, 0.4) is 0 Å². The van der Waals surface area contributed by atoms with Crippen LogP contribution in [0.5, 0.6) is 0 Å². The molecular formula is C31H31N7O12S5. The highest BCUT2D eigenvalue weighted by molar-refractivity contribution is 7.91. The number of carbonyl (C=O) groups is 2. The third kappa shape index (κ3) is 5.28. The summed E-state index contributed by atoms with van der Waals surface area (Å²) in [6.07, 6.45) is 2.54. The van der Waals surface area contributed by atoms with Gasteiger partial charge in [0.05, 0.1) is 54.6 Å². The Labute approximate surface area is 321 Å². The van der Waals surface area contributed by atoms with Gasteiger partial charge in [-0.3, -0.25) is 9.59 Å². The standard InChI is InChI=1S/C31H31N7O12S5/c1-53(43,44)38(6-10-8-51-30-24(10)54(45,46)36-26(34-30)18-22(39)16-12-2-4-14(49-12)20(16)32-28(18)41)7-11-9-52-31-25(11)55(47,48)37-27(35-31)19-23(40)17-13-3-5-15(50-13)21(17)33-29(19)42/h8-9,12-17,20-21,39-40H,2-7H2,1H3,(H,32,41)(H,33,42)(H,34,36)(H,35,37). The van der Waals surface area contributed by atoms with Crippen LogP contribution < -0.4 is 21.3 Å². The fourth-order valence-electron chi connectivity index (χ4n) is 9.09. The van der Waals surface area contributed by atoms with E-state index in [4.69, 9.17) is 9.47 Å². The summed E-state index contributed by atoms with van der Waals surface area (Å²) in [5.41, 5.74) is -0.566. The fourth-order valence-corrected chi connectivity index (χ4v) is 15.0. The third-order valence-corrected chi connectivity index (χ3v) is 17.6. The van der Waals surface area contributed by atoms with Crippen LogP contribution in [0, 0.1) is 11.8 Å². The lowest BCUT2D eigenvalue weighted by molar-refractivity contribution is -0.120. The molecule has 4 bridgehead atoms. The first kappa shape index (κ1) is 35.5. The van der Waals surface area contributed by atoms with E-state index in [1.165, 1.54) is 10.8 Å². The Morgan fingerprint density at radius 3 is 1.55 bits per heavy atom. The summed E-state index contributed by atoms with van der Waals surface area (Å²) in [5, 5.41) is 36.6. The predicted octanol–water partition coefficient (Wildman–Crippen LogP) is 0.773. The number of hydrogen-bond donors (Lipinski definition) is 6. The topological polar surface area (TPSA) is 272 Å². The fraction of sp³-hybridized carbons (Fsp3) is 0.484. The molecule has 2 aromatic heterocycles. The number of nitrogens with zero attached hydrogens (tertiary/aromatic N) is 3. The summed E-state index contributed by atoms with van der Waals surface area (Å²) in [6.45, 7) is -1.01. The van der Waals surface area contributed by atoms with E-state index < -0.39 is 78.9 Å². The van der Waals surface area contributed by atoms with Crippen LogP contribution >= 0.6 is 22.7 Å². The Morgan fingerprint density at radius 1 is 0.745 bits per heavy atom. The molecule has 6 N–H and O–H groups in total. The van der Waals surface area contributed by atoms with Gasteiger partial charge in [-0.1, -0.05) is 0 Å². The molecule has 292 valence electrons. The molecule has 0 radical (unpaired) electrons. The number of thiophene rings is 2. The summed E-state index contributed by atoms with van der Waals surface area (Å²) in [6, 6.07) is -0.880. The number of hydrogen-bond acceptors (Lipinski definition) is 16. The van der Waals surface area contributed by atoms with Gasteiger partial charge in [-0.15, -0.1) is 31.5 Å². The van der Waals surface area contributed by atoms with Crippen LogP contribution in [0.15, 0.2) is 52.0 Å². The van der Waals surface area contributed by atoms with Crippen molar-refractivity contribution in [3.05, 3.63) is 44.6 Å². The molecule has 55 heavy (non-hydrogen) atoms. The molecule has 4 fully saturated rings. The highest BCUT2D eigenvalue weighted by Crippen LogP contribution is 2.48. The minimum atomic E-state index is -4.56. The monoisotopic (exact) mass is 853 g/mol. The van der Waals surface area contributed by atoms with E-state index >= 15 is 0 Å². The lowest BCUT2D eigenvalue weighted by Gasteiger charge is -2.34. The molecule has 10 rings (SSSR count). The number of sulfonamides is 3. The number of carbonyl (C=O) groups excluding carboxylic acids is 2. The molecule has 2 amide bonds. The van der Waals surface area contributed by atoms with Gasteiger partial charge in [-0.05, 0) is 36.4 Å². The highest BCUT2D eigenvalue weighted by atomic mass is 32.2. The van der Waals surface area contributed by atoms with E-state index in [-0.39, 0.29) is 89.7 Å². The first-order chi connectivity index (χ1) is 26.0. The normalized spacial score (nSPS) is 33.6. The predicted molar refractivity (Wildman–Crippen MR) is 195 cm³/mol. The van der Waals surface area contributed by atoms with E-state index in [1.807, 2.05) is 0 Å². The van der Waals surface area contributed by atoms with Crippen molar-refractivity contribution < 1.29 is 54.5 Å². The van der Waals surface area contributed by atoms with Gasteiger partial charge in [-0.25, -0.2) is 8.42 Å². The molecule has 0 aliphatic carbocycles. The van der Waals surface area contributed by atoms with E-state index in [2.05, 4.69) is 30.1 Å². The molecule has 10 heterocycles. The lowest BCUT2D eigenvalue weighted by Crippen LogP contribution is -2.53. The second-order valence-corrected chi connectivity index (χ2v) is 21.4. The highest BCUT2D eigenvalue weighted by Gasteiger charge is 2.57. The van der Waals surface area contributed by atoms with Crippen molar-refractivity contribution in [2.75, 3.05) is 16.9 Å². The van der Waals surface area contributed by atoms with Gasteiger partial charge in [0.1, 0.15) is 42.5 Å². The van der Waals surface area contributed by atoms with Crippen LogP contribution in [-0.4, -0.2) is 106 Å². The van der Waals surface area contributed by atoms with Gasteiger partial charge < -0.3 is 41.0 Å². The number of fused-ring (bicyclic) bond motifs is 12. The minimum absolute atomic E-state index is 0.0348. The van der Waals surface area contributed by atoms with Gasteiger partial charge in [0.2, 0.25) is 10.0 Å². The number of amidine groups is 2. The molecule has 19 nitrogen and oxygen atoms in total. The van der Waals surface area contributed by atoms with Crippen LogP contribution in [0.25, 0.3) is 0 Å². The average molecular weight is 854 g/mol. The second kappa shape index (κ2) is 11.8. The zero-order valence-electron chi connectivity index (χ0n) is 28.4. The average Bonchev–Trinajstić information content (AvgIpc) is 3.94. The summed E-state index contributed by atoms with van der Waals surface area (Å²) < 4.78 is 101. The SMILES string of the molecule is CS(=O)(=O)N(Cc1csc2c1S(=O)(=O)N=C(C1=C(O)C3C4CCC(O4)C3NC1=O)N2)Cc1csc2c1S(=O)(=O)N=C(C1=C(O)C3C4CCC(O4)C3NC1=O)N2. The van der Waals surface area contributed by atoms with Crippen molar-refractivity contribution >= 4 is 86.2 Å². The zero-order valence-corrected chi connectivity index (χ0v) is 32.5. The number of anilines is 2. The number of nitrogens with one attached hydrogen (secondary N) is 4. The molecule has 2 aromatic rings. The van der Waals surface area contributed by atoms with Crippen molar-refractivity contribution in [2.45, 2.75) is 85.1 Å². The smallest absolute Gasteiger partial charge is 0.287 e. The van der Waals surface area contributed by atoms with Gasteiger partial charge >= 0.3 is 0 Å². The molecule has 8 atom stereocenters. The van der Waals surface area contributed by atoms with Crippen LogP contribution in [0.4, 0.5) is 10.0 Å². The Hall–Kier alpha value is -3.91. The zero-order chi connectivity index (χ0) is 38.5. The molecule has 4 saturated heterocycles. The summed E-state index contributed by atoms with van der Waals surface area (Å²) in [7, 11) is -13.2. The molecule has 0 aromatic carbocycles. The number of aliphatic hydroxyl groups excluding tert-OH is 2. The molecule has 8 aliphatic rings. The number of ether oxygens (including phenoxy) is 2. The molecular weight excluding hydrogens is 823 g/mol. The molecule has 8 unspecified atom stereocenters. The number of aliphatic hydroxyl groups is 2. The Balaban J connectivity index is 0.928. The Morgan fingerprint density at radius 2 is 1.15 bits per heavy atom. The van der Waals surface area contributed by atoms with E-state index in [1.54, 1.807) is 0 Å². The largest absolute Gasteiger partial charge is 0.511 e. The molecule has 8 aliphatic heterocycles. The second-order valence-electron chi connectivity index (χ2n) is 14.6. The molecule has 0 saturated carbocycles. The first-order valence-electron chi connectivity index (χ1n) is 17.2. The summed E-state index contributed by atoms with van der Waals surface area (Å²) in [5.74, 6) is -3.91. The van der Waals surface area contributed by atoms with E-state index in [0.29, 0.717) is 12.8 Å². The first-order valence-corrected chi connectivity index (χ1v) is 23.7. The molecule has 24 heteroatoms. The van der Waals surface area contributed by atoms with Crippen LogP contribution in [0.2, 0.25) is 0 Å². The van der Waals surface area contributed by atoms with Crippen molar-refractivity contribution in [3.63, 3.8) is 0 Å². The number of amides is 2. The number of rotatable bonds is 7. The van der Waals surface area contributed by atoms with Gasteiger partial charge in [0.25, 0.3) is 31.9 Å². The van der Waals surface area contributed by atoms with Gasteiger partial charge in [0.15, 0.2) is 11.7 Å². The van der Waals surface area contributed by atoms with E-state index in [0.717, 1.165) is 46.1 Å². The Bertz CT molecular complexity index is 2450. The Kier molecular flexibility index (Phi) is 7.62. The summed E-state index contributed by atoms with van der Waals surface area (Å²) >= 11 is 1.85. The minimum Gasteiger partial charge on any atom is -0.511 e. The third-order valence-electron chi connectivity index (χ3n) is 11.4. The maximum Gasteiger partial charge on any atom is 0.287 e. The van der Waals surface area contributed by atoms with Crippen LogP contribution in [0.1, 0.15) is 36.8 Å². The lowest BCUT2D eigenvalue weighted by atomic mass is 9.79. The van der Waals surface area contributed by atoms with Crippen molar-refractivity contribution in [1.29, 1.82) is 0 Å². The van der Waals surface area contributed by atoms with Crippen LogP contribution in [-0.2, 0) is 62.2 Å². The van der Waals surface area contributed by atoms with Gasteiger partial charge in [0, 0.05) is 24.2 Å². The van der Waals surface area contributed by atoms with Crippen molar-refractivity contribution in [3.8, 4) is 0 Å². The molecule has 0 spiro atoms. The van der Waals surface area contributed by atoms with Crippen molar-refractivity contribution in [1.82, 2.24) is 14.9 Å². The van der Waals surface area contributed by atoms with Gasteiger partial charge in [-0.2, -0.15) is 21.1 Å². The maximum absolute atomic E-state index is 13.7. The summed E-state index contributed by atoms with van der Waals surface area (Å²) in [4.78, 5) is 25.6. The van der Waals surface area contributed by atoms with Crippen molar-refractivity contribution in [2.24, 2.45) is 20.6 Å². The quantitative estimate of drug-likeness (QED) is 0.225. The van der Waals surface area contributed by atoms with E-state index in [9.17, 15) is 45.1 Å².